The number of rotatable bonds is 7. The van der Waals surface area contributed by atoms with Gasteiger partial charge in [-0.25, -0.2) is 0 Å². The number of hydrogen-bond donors (Lipinski definition) is 2. The lowest BCUT2D eigenvalue weighted by Gasteiger charge is -2.28. The second-order valence-corrected chi connectivity index (χ2v) is 8.58. The standard InChI is InChI=1S/C26H30N2O6/c1-4-5-6-11-28-23(16-7-10-21(33-3)19(29)15-16)22(25(31)26(28)32)24(30)17-8-9-20-18(14-17)27(2)12-13-34-20/h7-10,14-15,23,29-30H,4-6,11-13H2,1-3H3/b24-22-. The van der Waals surface area contributed by atoms with Crippen LogP contribution in [0.2, 0.25) is 0 Å². The number of aliphatic hydroxyl groups excluding tert-OH is 1. The molecule has 0 saturated carbocycles. The number of likely N-dealkylation sites (N-methyl/N-ethyl adjacent to an activating group) is 1. The van der Waals surface area contributed by atoms with E-state index in [-0.39, 0.29) is 22.8 Å². The van der Waals surface area contributed by atoms with E-state index in [1.165, 1.54) is 18.1 Å². The average molecular weight is 467 g/mol. The summed E-state index contributed by atoms with van der Waals surface area (Å²) in [5.41, 5.74) is 1.75. The van der Waals surface area contributed by atoms with E-state index in [0.29, 0.717) is 36.6 Å². The number of ether oxygens (including phenoxy) is 2. The summed E-state index contributed by atoms with van der Waals surface area (Å²) in [6, 6.07) is 9.14. The molecule has 2 heterocycles. The average Bonchev–Trinajstić information content (AvgIpc) is 3.09. The minimum Gasteiger partial charge on any atom is -0.507 e. The Morgan fingerprint density at radius 2 is 1.97 bits per heavy atom. The minimum atomic E-state index is -0.821. The minimum absolute atomic E-state index is 0.00500. The number of carbonyl (C=O) groups is 2. The highest BCUT2D eigenvalue weighted by Gasteiger charge is 2.46. The van der Waals surface area contributed by atoms with E-state index in [9.17, 15) is 19.8 Å². The zero-order valence-corrected chi connectivity index (χ0v) is 19.7. The monoisotopic (exact) mass is 466 g/mol. The molecule has 8 nitrogen and oxygen atoms in total. The molecule has 34 heavy (non-hydrogen) atoms. The molecule has 0 spiro atoms. The van der Waals surface area contributed by atoms with E-state index < -0.39 is 17.7 Å². The van der Waals surface area contributed by atoms with Crippen molar-refractivity contribution >= 4 is 23.1 Å². The number of fused-ring (bicyclic) bond motifs is 1. The van der Waals surface area contributed by atoms with Gasteiger partial charge in [0, 0.05) is 19.2 Å². The highest BCUT2D eigenvalue weighted by atomic mass is 16.5. The number of Topliss-reactive ketones (excluding diaryl/α,β-unsaturated/α-hetero) is 1. The summed E-state index contributed by atoms with van der Waals surface area (Å²) in [4.78, 5) is 29.7. The fourth-order valence-corrected chi connectivity index (χ4v) is 4.52. The van der Waals surface area contributed by atoms with Gasteiger partial charge in [0.15, 0.2) is 11.5 Å². The number of likely N-dealkylation sites (tertiary alicyclic amines) is 1. The molecule has 1 amide bonds. The van der Waals surface area contributed by atoms with Gasteiger partial charge in [-0.1, -0.05) is 25.8 Å². The zero-order valence-electron chi connectivity index (χ0n) is 19.7. The van der Waals surface area contributed by atoms with Gasteiger partial charge >= 0.3 is 0 Å². The van der Waals surface area contributed by atoms with Gasteiger partial charge < -0.3 is 29.5 Å². The number of aliphatic hydroxyl groups is 1. The normalized spacial score (nSPS) is 19.2. The lowest BCUT2D eigenvalue weighted by atomic mass is 9.94. The molecule has 0 aliphatic carbocycles. The van der Waals surface area contributed by atoms with Crippen LogP contribution in [-0.4, -0.2) is 60.7 Å². The number of hydrogen-bond acceptors (Lipinski definition) is 7. The van der Waals surface area contributed by atoms with Gasteiger partial charge in [0.2, 0.25) is 0 Å². The lowest BCUT2D eigenvalue weighted by Crippen LogP contribution is -2.30. The number of amides is 1. The summed E-state index contributed by atoms with van der Waals surface area (Å²) < 4.78 is 10.8. The van der Waals surface area contributed by atoms with Crippen LogP contribution in [0.3, 0.4) is 0 Å². The molecule has 2 N–H and O–H groups in total. The first-order valence-electron chi connectivity index (χ1n) is 11.5. The molecule has 0 aromatic heterocycles. The molecule has 1 atom stereocenters. The number of phenolic OH excluding ortho intramolecular Hbond substituents is 1. The molecule has 2 aromatic carbocycles. The molecule has 1 unspecified atom stereocenters. The van der Waals surface area contributed by atoms with Crippen LogP contribution >= 0.6 is 0 Å². The predicted molar refractivity (Wildman–Crippen MR) is 128 cm³/mol. The van der Waals surface area contributed by atoms with Crippen LogP contribution in [0.5, 0.6) is 17.2 Å². The Balaban J connectivity index is 1.83. The molecule has 0 bridgehead atoms. The van der Waals surface area contributed by atoms with Gasteiger partial charge in [0.25, 0.3) is 11.7 Å². The quantitative estimate of drug-likeness (QED) is 0.277. The number of phenols is 1. The van der Waals surface area contributed by atoms with Crippen molar-refractivity contribution in [3.63, 3.8) is 0 Å². The number of unbranched alkanes of at least 4 members (excludes halogenated alkanes) is 2. The molecular weight excluding hydrogens is 436 g/mol. The molecule has 0 radical (unpaired) electrons. The fourth-order valence-electron chi connectivity index (χ4n) is 4.52. The predicted octanol–water partition coefficient (Wildman–Crippen LogP) is 3.84. The summed E-state index contributed by atoms with van der Waals surface area (Å²) >= 11 is 0. The number of anilines is 1. The molecule has 2 aromatic rings. The van der Waals surface area contributed by atoms with E-state index >= 15 is 0 Å². The van der Waals surface area contributed by atoms with Crippen molar-refractivity contribution in [1.82, 2.24) is 4.90 Å². The van der Waals surface area contributed by atoms with Crippen LogP contribution in [0.25, 0.3) is 5.76 Å². The lowest BCUT2D eigenvalue weighted by molar-refractivity contribution is -0.139. The molecule has 1 saturated heterocycles. The van der Waals surface area contributed by atoms with Crippen molar-refractivity contribution in [3.8, 4) is 17.2 Å². The van der Waals surface area contributed by atoms with Gasteiger partial charge in [0.1, 0.15) is 18.1 Å². The topological polar surface area (TPSA) is 99.5 Å². The number of nitrogens with zero attached hydrogens (tertiary/aromatic N) is 2. The van der Waals surface area contributed by atoms with Gasteiger partial charge in [-0.3, -0.25) is 9.59 Å². The number of carbonyl (C=O) groups excluding carboxylic acids is 2. The summed E-state index contributed by atoms with van der Waals surface area (Å²) in [6.45, 7) is 3.69. The van der Waals surface area contributed by atoms with E-state index in [4.69, 9.17) is 9.47 Å². The first-order valence-corrected chi connectivity index (χ1v) is 11.5. The maximum absolute atomic E-state index is 13.2. The Kier molecular flexibility index (Phi) is 6.68. The first kappa shape index (κ1) is 23.5. The smallest absolute Gasteiger partial charge is 0.295 e. The van der Waals surface area contributed by atoms with Gasteiger partial charge in [0.05, 0.1) is 31.0 Å². The van der Waals surface area contributed by atoms with Gasteiger partial charge in [-0.2, -0.15) is 0 Å². The van der Waals surface area contributed by atoms with E-state index in [1.54, 1.807) is 30.3 Å². The van der Waals surface area contributed by atoms with Gasteiger partial charge in [-0.05, 0) is 42.3 Å². The van der Waals surface area contributed by atoms with Gasteiger partial charge in [-0.15, -0.1) is 0 Å². The molecule has 2 aliphatic heterocycles. The third kappa shape index (κ3) is 4.16. The maximum atomic E-state index is 13.2. The molecule has 4 rings (SSSR count). The van der Waals surface area contributed by atoms with Crippen LogP contribution in [-0.2, 0) is 9.59 Å². The Hall–Kier alpha value is -3.68. The molecule has 8 heteroatoms. The van der Waals surface area contributed by atoms with Crippen molar-refractivity contribution in [2.75, 3.05) is 38.8 Å². The van der Waals surface area contributed by atoms with Crippen molar-refractivity contribution in [2.24, 2.45) is 0 Å². The SMILES string of the molecule is CCCCCN1C(=O)C(=O)/C(=C(\O)c2ccc3c(c2)N(C)CCO3)C1c1ccc(OC)c(O)c1. The first-order chi connectivity index (χ1) is 16.4. The molecule has 1 fully saturated rings. The zero-order chi connectivity index (χ0) is 24.4. The van der Waals surface area contributed by atoms with Crippen LogP contribution in [0.15, 0.2) is 42.0 Å². The van der Waals surface area contributed by atoms with Crippen molar-refractivity contribution in [3.05, 3.63) is 53.1 Å². The number of ketones is 1. The summed E-state index contributed by atoms with van der Waals surface area (Å²) in [7, 11) is 3.38. The Morgan fingerprint density at radius 1 is 1.18 bits per heavy atom. The van der Waals surface area contributed by atoms with Crippen LogP contribution in [0.4, 0.5) is 5.69 Å². The number of methoxy groups -OCH3 is 1. The second kappa shape index (κ2) is 9.67. The molecule has 2 aliphatic rings. The third-order valence-corrected chi connectivity index (χ3v) is 6.39. The summed E-state index contributed by atoms with van der Waals surface area (Å²) in [5, 5.41) is 21.7. The Labute approximate surface area is 199 Å². The second-order valence-electron chi connectivity index (χ2n) is 8.58. The summed E-state index contributed by atoms with van der Waals surface area (Å²) in [5.74, 6) is -0.774. The van der Waals surface area contributed by atoms with E-state index in [0.717, 1.165) is 24.9 Å². The fraction of sp³-hybridized carbons (Fsp3) is 0.385. The van der Waals surface area contributed by atoms with E-state index in [1.807, 2.05) is 11.9 Å². The molecule has 180 valence electrons. The number of aromatic hydroxyl groups is 1. The molecular formula is C26H30N2O6. The third-order valence-electron chi connectivity index (χ3n) is 6.39. The Bertz CT molecular complexity index is 1140. The van der Waals surface area contributed by atoms with E-state index in [2.05, 4.69) is 6.92 Å². The van der Waals surface area contributed by atoms with Crippen molar-refractivity contribution in [2.45, 2.75) is 32.2 Å². The Morgan fingerprint density at radius 3 is 2.68 bits per heavy atom. The van der Waals surface area contributed by atoms with Crippen molar-refractivity contribution in [1.29, 1.82) is 0 Å². The summed E-state index contributed by atoms with van der Waals surface area (Å²) in [6.07, 6.45) is 2.59. The maximum Gasteiger partial charge on any atom is 0.295 e. The highest BCUT2D eigenvalue weighted by molar-refractivity contribution is 6.46. The van der Waals surface area contributed by atoms with Crippen LogP contribution in [0, 0.1) is 0 Å². The van der Waals surface area contributed by atoms with Crippen molar-refractivity contribution < 1.29 is 29.3 Å². The number of benzene rings is 2. The van der Waals surface area contributed by atoms with Crippen LogP contribution < -0.4 is 14.4 Å². The highest BCUT2D eigenvalue weighted by Crippen LogP contribution is 2.43. The largest absolute Gasteiger partial charge is 0.507 e. The van der Waals surface area contributed by atoms with Crippen LogP contribution in [0.1, 0.15) is 43.4 Å².